The Bertz CT molecular complexity index is 1220. The van der Waals surface area contributed by atoms with Gasteiger partial charge in [0, 0.05) is 53.4 Å². The molecule has 0 fully saturated rings. The quantitative estimate of drug-likeness (QED) is 0.326. The first-order chi connectivity index (χ1) is 15.3. The smallest absolute Gasteiger partial charge is 0.256 e. The molecule has 1 aromatic heterocycles. The van der Waals surface area contributed by atoms with Crippen LogP contribution < -0.4 is 16.1 Å². The zero-order valence-corrected chi connectivity index (χ0v) is 19.0. The lowest BCUT2D eigenvalue weighted by Gasteiger charge is -2.15. The molecule has 0 aliphatic carbocycles. The molecule has 7 nitrogen and oxygen atoms in total. The second kappa shape index (κ2) is 10.7. The highest BCUT2D eigenvalue weighted by atomic mass is 35.5. The number of aliphatic hydroxyl groups excluding tert-OH is 1. The Kier molecular flexibility index (Phi) is 8.04. The summed E-state index contributed by atoms with van der Waals surface area (Å²) in [5, 5.41) is 15.7. The number of hydrogen-bond donors (Lipinski definition) is 3. The van der Waals surface area contributed by atoms with E-state index in [9.17, 15) is 14.4 Å². The van der Waals surface area contributed by atoms with E-state index in [1.165, 1.54) is 19.2 Å². The molecule has 0 unspecified atom stereocenters. The Morgan fingerprint density at radius 2 is 1.84 bits per heavy atom. The number of benzene rings is 2. The van der Waals surface area contributed by atoms with E-state index < -0.39 is 11.3 Å². The number of fused-ring (bicyclic) bond motifs is 1. The topological polar surface area (TPSA) is 100 Å². The molecular weight excluding hydrogens is 453 g/mol. The van der Waals surface area contributed by atoms with Gasteiger partial charge in [0.25, 0.3) is 5.91 Å². The first kappa shape index (κ1) is 23.9. The summed E-state index contributed by atoms with van der Waals surface area (Å²) in [6, 6.07) is 9.98. The van der Waals surface area contributed by atoms with Gasteiger partial charge < -0.3 is 20.3 Å². The van der Waals surface area contributed by atoms with Crippen molar-refractivity contribution in [2.24, 2.45) is 0 Å². The largest absolute Gasteiger partial charge is 0.395 e. The van der Waals surface area contributed by atoms with Gasteiger partial charge in [-0.3, -0.25) is 14.4 Å². The lowest BCUT2D eigenvalue weighted by molar-refractivity contribution is 0.0951. The minimum Gasteiger partial charge on any atom is -0.395 e. The van der Waals surface area contributed by atoms with Crippen molar-refractivity contribution in [3.8, 4) is 0 Å². The summed E-state index contributed by atoms with van der Waals surface area (Å²) in [4.78, 5) is 37.7. The van der Waals surface area contributed by atoms with Gasteiger partial charge in [-0.2, -0.15) is 0 Å². The monoisotopic (exact) mass is 475 g/mol. The molecule has 0 aliphatic rings. The van der Waals surface area contributed by atoms with Crippen molar-refractivity contribution >= 4 is 45.8 Å². The number of Topliss-reactive ketones (excluding diaryl/α,β-unsaturated/α-hetero) is 1. The van der Waals surface area contributed by atoms with E-state index in [0.717, 1.165) is 5.56 Å². The summed E-state index contributed by atoms with van der Waals surface area (Å²) in [6.45, 7) is 2.85. The number of aliphatic hydroxyl groups is 1. The molecular formula is C23H23Cl2N3O4. The van der Waals surface area contributed by atoms with Gasteiger partial charge in [-0.05, 0) is 42.8 Å². The van der Waals surface area contributed by atoms with E-state index in [4.69, 9.17) is 28.3 Å². The van der Waals surface area contributed by atoms with Gasteiger partial charge in [-0.25, -0.2) is 0 Å². The number of halogens is 2. The molecule has 1 amide bonds. The van der Waals surface area contributed by atoms with Crippen LogP contribution in [0.2, 0.25) is 10.0 Å². The predicted molar refractivity (Wildman–Crippen MR) is 126 cm³/mol. The van der Waals surface area contributed by atoms with Crippen molar-refractivity contribution in [1.82, 2.24) is 15.2 Å². The van der Waals surface area contributed by atoms with Crippen LogP contribution >= 0.6 is 23.2 Å². The number of aromatic nitrogens is 1. The molecule has 0 spiro atoms. The lowest BCUT2D eigenvalue weighted by Crippen LogP contribution is -2.35. The molecule has 0 bridgehead atoms. The van der Waals surface area contributed by atoms with Crippen molar-refractivity contribution in [3.05, 3.63) is 79.6 Å². The van der Waals surface area contributed by atoms with Crippen LogP contribution in [0.25, 0.3) is 10.9 Å². The number of ketones is 1. The fourth-order valence-corrected chi connectivity index (χ4v) is 3.77. The van der Waals surface area contributed by atoms with Crippen LogP contribution in [0.3, 0.4) is 0 Å². The number of nitrogens with zero attached hydrogens (tertiary/aromatic N) is 1. The van der Waals surface area contributed by atoms with Gasteiger partial charge in [0.2, 0.25) is 5.43 Å². The molecule has 0 saturated carbocycles. The van der Waals surface area contributed by atoms with Gasteiger partial charge in [0.15, 0.2) is 5.78 Å². The summed E-state index contributed by atoms with van der Waals surface area (Å²) in [5.74, 6) is -0.699. The van der Waals surface area contributed by atoms with Crippen molar-refractivity contribution < 1.29 is 14.7 Å². The van der Waals surface area contributed by atoms with E-state index in [1.807, 2.05) is 0 Å². The van der Waals surface area contributed by atoms with Crippen LogP contribution in [0.4, 0.5) is 0 Å². The number of rotatable bonds is 9. The number of pyridine rings is 1. The highest BCUT2D eigenvalue weighted by Gasteiger charge is 2.17. The molecule has 168 valence electrons. The van der Waals surface area contributed by atoms with Gasteiger partial charge in [-0.15, -0.1) is 0 Å². The van der Waals surface area contributed by atoms with Crippen molar-refractivity contribution in [2.45, 2.75) is 13.5 Å². The van der Waals surface area contributed by atoms with E-state index >= 15 is 0 Å². The Morgan fingerprint density at radius 3 is 2.53 bits per heavy atom. The number of amides is 1. The highest BCUT2D eigenvalue weighted by molar-refractivity contribution is 6.35. The maximum atomic E-state index is 13.1. The number of carbonyl (C=O) groups excluding carboxylic acids is 2. The van der Waals surface area contributed by atoms with Gasteiger partial charge in [-0.1, -0.05) is 29.3 Å². The van der Waals surface area contributed by atoms with E-state index in [1.54, 1.807) is 34.9 Å². The van der Waals surface area contributed by atoms with E-state index in [0.29, 0.717) is 40.8 Å². The van der Waals surface area contributed by atoms with E-state index in [-0.39, 0.29) is 29.9 Å². The van der Waals surface area contributed by atoms with Crippen LogP contribution in [-0.4, -0.2) is 47.6 Å². The molecule has 1 heterocycles. The Balaban J connectivity index is 2.04. The second-order valence-corrected chi connectivity index (χ2v) is 8.10. The second-order valence-electron chi connectivity index (χ2n) is 7.25. The number of hydrogen-bond acceptors (Lipinski definition) is 5. The molecule has 32 heavy (non-hydrogen) atoms. The third kappa shape index (κ3) is 5.55. The fraction of sp³-hybridized carbons (Fsp3) is 0.261. The minimum atomic E-state index is -0.521. The van der Waals surface area contributed by atoms with Crippen LogP contribution in [0.1, 0.15) is 33.2 Å². The third-order valence-corrected chi connectivity index (χ3v) is 5.55. The molecule has 0 aliphatic heterocycles. The molecule has 3 rings (SSSR count). The maximum Gasteiger partial charge on any atom is 0.256 e. The average Bonchev–Trinajstić information content (AvgIpc) is 2.76. The molecule has 3 N–H and O–H groups in total. The predicted octanol–water partition coefficient (Wildman–Crippen LogP) is 2.87. The number of nitrogens with one attached hydrogen (secondary N) is 2. The van der Waals surface area contributed by atoms with E-state index in [2.05, 4.69) is 10.6 Å². The first-order valence-corrected chi connectivity index (χ1v) is 10.8. The molecule has 0 saturated heterocycles. The zero-order chi connectivity index (χ0) is 23.3. The Labute approximate surface area is 195 Å². The van der Waals surface area contributed by atoms with Crippen LogP contribution in [-0.2, 0) is 6.54 Å². The summed E-state index contributed by atoms with van der Waals surface area (Å²) < 4.78 is 1.76. The highest BCUT2D eigenvalue weighted by Crippen LogP contribution is 2.23. The zero-order valence-electron chi connectivity index (χ0n) is 17.5. The third-order valence-electron chi connectivity index (χ3n) is 4.96. The Hall–Kier alpha value is -2.71. The van der Waals surface area contributed by atoms with Crippen molar-refractivity contribution in [1.29, 1.82) is 0 Å². The molecule has 0 radical (unpaired) electrons. The normalized spacial score (nSPS) is 11.0. The number of carbonyl (C=O) groups is 2. The van der Waals surface area contributed by atoms with Gasteiger partial charge in [0.1, 0.15) is 5.56 Å². The first-order valence-electron chi connectivity index (χ1n) is 10.0. The van der Waals surface area contributed by atoms with Crippen LogP contribution in [0.15, 0.2) is 47.4 Å². The SMILES string of the molecule is CC(=O)c1ccc2c(c1)c(=O)c(C(=O)NCCNCCO)cn2Cc1ccc(Cl)cc1Cl. The lowest BCUT2D eigenvalue weighted by atomic mass is 10.0. The summed E-state index contributed by atoms with van der Waals surface area (Å²) in [5.41, 5.74) is 1.23. The molecule has 9 heteroatoms. The summed E-state index contributed by atoms with van der Waals surface area (Å²) in [6.07, 6.45) is 1.50. The van der Waals surface area contributed by atoms with Gasteiger partial charge >= 0.3 is 0 Å². The van der Waals surface area contributed by atoms with Crippen LogP contribution in [0, 0.1) is 0 Å². The minimum absolute atomic E-state index is 0.00489. The van der Waals surface area contributed by atoms with Crippen molar-refractivity contribution in [3.63, 3.8) is 0 Å². The summed E-state index contributed by atoms with van der Waals surface area (Å²) in [7, 11) is 0. The summed E-state index contributed by atoms with van der Waals surface area (Å²) >= 11 is 12.3. The maximum absolute atomic E-state index is 13.1. The molecule has 0 atom stereocenters. The Morgan fingerprint density at radius 1 is 1.06 bits per heavy atom. The fourth-order valence-electron chi connectivity index (χ4n) is 3.31. The standard InChI is InChI=1S/C23H23Cl2N3O4/c1-14(30)15-3-5-21-18(10-15)22(31)19(23(32)27-7-6-26-8-9-29)13-28(21)12-16-2-4-17(24)11-20(16)25/h2-5,10-11,13,26,29H,6-9,12H2,1H3,(H,27,32). The molecule has 3 aromatic rings. The van der Waals surface area contributed by atoms with Crippen LogP contribution in [0.5, 0.6) is 0 Å². The van der Waals surface area contributed by atoms with Crippen molar-refractivity contribution in [2.75, 3.05) is 26.2 Å². The molecule has 2 aromatic carbocycles. The average molecular weight is 476 g/mol. The van der Waals surface area contributed by atoms with Gasteiger partial charge in [0.05, 0.1) is 12.1 Å².